The number of benzene rings is 1. The summed E-state index contributed by atoms with van der Waals surface area (Å²) in [6.45, 7) is 3.82. The first-order valence-electron chi connectivity index (χ1n) is 6.21. The van der Waals surface area contributed by atoms with Gasteiger partial charge in [0.15, 0.2) is 0 Å². The topological polar surface area (TPSA) is 107 Å². The number of carboxylic acid groups (broad SMARTS) is 1. The molecule has 1 aromatic rings. The van der Waals surface area contributed by atoms with Crippen molar-refractivity contribution in [3.8, 4) is 5.75 Å². The van der Waals surface area contributed by atoms with E-state index in [2.05, 4.69) is 0 Å². The zero-order valence-corrected chi connectivity index (χ0v) is 12.4. The minimum Gasteiger partial charge on any atom is -0.493 e. The lowest BCUT2D eigenvalue weighted by molar-refractivity contribution is -0.137. The Labute approximate surface area is 118 Å². The van der Waals surface area contributed by atoms with Crippen molar-refractivity contribution in [3.05, 3.63) is 23.3 Å². The van der Waals surface area contributed by atoms with Crippen molar-refractivity contribution in [2.45, 2.75) is 38.0 Å². The third-order valence-corrected chi connectivity index (χ3v) is 4.09. The van der Waals surface area contributed by atoms with Crippen LogP contribution in [0.2, 0.25) is 0 Å². The summed E-state index contributed by atoms with van der Waals surface area (Å²) in [5.41, 5.74) is 1.28. The van der Waals surface area contributed by atoms with Crippen molar-refractivity contribution in [3.63, 3.8) is 0 Å². The van der Waals surface area contributed by atoms with Gasteiger partial charge in [-0.2, -0.15) is 0 Å². The van der Waals surface area contributed by atoms with Crippen LogP contribution in [0.25, 0.3) is 0 Å². The summed E-state index contributed by atoms with van der Waals surface area (Å²) < 4.78 is 28.3. The van der Waals surface area contributed by atoms with Gasteiger partial charge in [0, 0.05) is 6.42 Å². The van der Waals surface area contributed by atoms with Crippen molar-refractivity contribution in [2.24, 2.45) is 5.14 Å². The summed E-state index contributed by atoms with van der Waals surface area (Å²) in [6, 6.07) is 2.99. The van der Waals surface area contributed by atoms with Gasteiger partial charge in [-0.05, 0) is 49.9 Å². The minimum absolute atomic E-state index is 0.0910. The number of hydrogen-bond acceptors (Lipinski definition) is 4. The lowest BCUT2D eigenvalue weighted by Crippen LogP contribution is -2.14. The van der Waals surface area contributed by atoms with Gasteiger partial charge in [-0.1, -0.05) is 0 Å². The number of aliphatic carboxylic acids is 1. The summed E-state index contributed by atoms with van der Waals surface area (Å²) in [5.74, 6) is -0.236. The van der Waals surface area contributed by atoms with Gasteiger partial charge in [0.1, 0.15) is 5.75 Å². The molecule has 0 spiro atoms. The lowest BCUT2D eigenvalue weighted by atomic mass is 10.1. The second kappa shape index (κ2) is 6.71. The van der Waals surface area contributed by atoms with Crippen LogP contribution in [0.1, 0.15) is 30.4 Å². The molecular formula is C13H19NO5S. The molecule has 0 aliphatic heterocycles. The molecule has 3 N–H and O–H groups in total. The Balaban J connectivity index is 2.69. The molecule has 1 aromatic carbocycles. The predicted molar refractivity (Wildman–Crippen MR) is 74.3 cm³/mol. The molecule has 0 unspecified atom stereocenters. The number of carboxylic acids is 1. The second-order valence-electron chi connectivity index (χ2n) is 4.56. The van der Waals surface area contributed by atoms with E-state index < -0.39 is 16.0 Å². The Bertz CT molecular complexity index is 595. The fraction of sp³-hybridized carbons (Fsp3) is 0.462. The van der Waals surface area contributed by atoms with Crippen LogP contribution in [-0.4, -0.2) is 26.1 Å². The smallest absolute Gasteiger partial charge is 0.303 e. The first kappa shape index (κ1) is 16.5. The molecule has 0 amide bonds. The van der Waals surface area contributed by atoms with Crippen LogP contribution < -0.4 is 9.88 Å². The number of rotatable bonds is 7. The maximum atomic E-state index is 11.4. The maximum absolute atomic E-state index is 11.4. The fourth-order valence-corrected chi connectivity index (χ4v) is 2.63. The SMILES string of the molecule is Cc1c(OCCCCC(=O)O)ccc(S(N)(=O)=O)c1C. The van der Waals surface area contributed by atoms with Crippen LogP contribution in [0.15, 0.2) is 17.0 Å². The normalized spacial score (nSPS) is 11.3. The number of ether oxygens (including phenoxy) is 1. The number of primary sulfonamides is 1. The minimum atomic E-state index is -3.73. The number of sulfonamides is 1. The highest BCUT2D eigenvalue weighted by molar-refractivity contribution is 7.89. The number of nitrogens with two attached hydrogens (primary N) is 1. The van der Waals surface area contributed by atoms with Gasteiger partial charge in [-0.3, -0.25) is 4.79 Å². The van der Waals surface area contributed by atoms with E-state index in [-0.39, 0.29) is 11.3 Å². The molecule has 0 bridgehead atoms. The molecule has 20 heavy (non-hydrogen) atoms. The Morgan fingerprint density at radius 2 is 1.90 bits per heavy atom. The molecule has 0 aliphatic carbocycles. The third-order valence-electron chi connectivity index (χ3n) is 3.04. The average Bonchev–Trinajstić information content (AvgIpc) is 2.32. The zero-order valence-electron chi connectivity index (χ0n) is 11.5. The van der Waals surface area contributed by atoms with Gasteiger partial charge >= 0.3 is 5.97 Å². The van der Waals surface area contributed by atoms with Crippen LogP contribution in [0.3, 0.4) is 0 Å². The highest BCUT2D eigenvalue weighted by Crippen LogP contribution is 2.26. The van der Waals surface area contributed by atoms with E-state index in [0.29, 0.717) is 30.8 Å². The highest BCUT2D eigenvalue weighted by Gasteiger charge is 2.15. The molecule has 0 atom stereocenters. The zero-order chi connectivity index (χ0) is 15.3. The Morgan fingerprint density at radius 3 is 2.45 bits per heavy atom. The highest BCUT2D eigenvalue weighted by atomic mass is 32.2. The van der Waals surface area contributed by atoms with Gasteiger partial charge in [-0.15, -0.1) is 0 Å². The Kier molecular flexibility index (Phi) is 5.52. The first-order valence-corrected chi connectivity index (χ1v) is 7.75. The third kappa shape index (κ3) is 4.50. The summed E-state index contributed by atoms with van der Waals surface area (Å²) in [4.78, 5) is 10.4. The van der Waals surface area contributed by atoms with Crippen molar-refractivity contribution >= 4 is 16.0 Å². The Morgan fingerprint density at radius 1 is 1.25 bits per heavy atom. The molecular weight excluding hydrogens is 282 g/mol. The van der Waals surface area contributed by atoms with Crippen LogP contribution in [-0.2, 0) is 14.8 Å². The summed E-state index contributed by atoms with van der Waals surface area (Å²) in [5, 5.41) is 13.6. The molecule has 6 nitrogen and oxygen atoms in total. The summed E-state index contributed by atoms with van der Waals surface area (Å²) in [7, 11) is -3.73. The van der Waals surface area contributed by atoms with Crippen molar-refractivity contribution in [1.29, 1.82) is 0 Å². The molecule has 0 aliphatic rings. The van der Waals surface area contributed by atoms with Crippen molar-refractivity contribution in [1.82, 2.24) is 0 Å². The first-order chi connectivity index (χ1) is 9.23. The molecule has 0 fully saturated rings. The van der Waals surface area contributed by atoms with Crippen LogP contribution in [0.5, 0.6) is 5.75 Å². The molecule has 0 radical (unpaired) electrons. The summed E-state index contributed by atoms with van der Waals surface area (Å²) in [6.07, 6.45) is 1.29. The van der Waals surface area contributed by atoms with Crippen molar-refractivity contribution in [2.75, 3.05) is 6.61 Å². The quantitative estimate of drug-likeness (QED) is 0.744. The molecule has 7 heteroatoms. The second-order valence-corrected chi connectivity index (χ2v) is 6.09. The molecule has 0 heterocycles. The fourth-order valence-electron chi connectivity index (χ4n) is 1.80. The lowest BCUT2D eigenvalue weighted by Gasteiger charge is -2.13. The van der Waals surface area contributed by atoms with Crippen molar-refractivity contribution < 1.29 is 23.1 Å². The van der Waals surface area contributed by atoms with Crippen LogP contribution in [0.4, 0.5) is 0 Å². The van der Waals surface area contributed by atoms with Crippen LogP contribution in [0, 0.1) is 13.8 Å². The van der Waals surface area contributed by atoms with Gasteiger partial charge in [0.2, 0.25) is 10.0 Å². The van der Waals surface area contributed by atoms with Gasteiger partial charge < -0.3 is 9.84 Å². The predicted octanol–water partition coefficient (Wildman–Crippen LogP) is 1.58. The average molecular weight is 301 g/mol. The van der Waals surface area contributed by atoms with E-state index in [9.17, 15) is 13.2 Å². The monoisotopic (exact) mass is 301 g/mol. The largest absolute Gasteiger partial charge is 0.493 e. The van der Waals surface area contributed by atoms with Crippen LogP contribution >= 0.6 is 0 Å². The van der Waals surface area contributed by atoms with E-state index in [0.717, 1.165) is 5.56 Å². The van der Waals surface area contributed by atoms with Gasteiger partial charge in [0.05, 0.1) is 11.5 Å². The van der Waals surface area contributed by atoms with E-state index in [1.165, 1.54) is 6.07 Å². The summed E-state index contributed by atoms with van der Waals surface area (Å²) >= 11 is 0. The molecule has 1 rings (SSSR count). The molecule has 112 valence electrons. The van der Waals surface area contributed by atoms with E-state index >= 15 is 0 Å². The molecule has 0 aromatic heterocycles. The Hall–Kier alpha value is -1.60. The molecule has 0 saturated carbocycles. The van der Waals surface area contributed by atoms with Gasteiger partial charge in [-0.25, -0.2) is 13.6 Å². The van der Waals surface area contributed by atoms with E-state index in [1.54, 1.807) is 19.9 Å². The number of carbonyl (C=O) groups is 1. The maximum Gasteiger partial charge on any atom is 0.303 e. The van der Waals surface area contributed by atoms with E-state index in [4.69, 9.17) is 15.0 Å². The number of hydrogen-bond donors (Lipinski definition) is 2. The van der Waals surface area contributed by atoms with E-state index in [1.807, 2.05) is 0 Å². The van der Waals surface area contributed by atoms with Gasteiger partial charge in [0.25, 0.3) is 0 Å². The standard InChI is InChI=1S/C13H19NO5S/c1-9-10(2)12(20(14,17)18)7-6-11(9)19-8-4-3-5-13(15)16/h6-7H,3-5,8H2,1-2H3,(H,15,16)(H2,14,17,18). The molecule has 0 saturated heterocycles. The number of unbranched alkanes of at least 4 members (excludes halogenated alkanes) is 1.